The molecule has 3 aliphatic rings. The van der Waals surface area contributed by atoms with Gasteiger partial charge in [-0.05, 0) is 57.4 Å². The van der Waals surface area contributed by atoms with E-state index in [1.807, 2.05) is 45.5 Å². The van der Waals surface area contributed by atoms with Gasteiger partial charge in [-0.25, -0.2) is 4.39 Å². The Labute approximate surface area is 248 Å². The Hall–Kier alpha value is -2.48. The molecule has 216 valence electrons. The van der Waals surface area contributed by atoms with Crippen LogP contribution in [0.15, 0.2) is 24.3 Å². The Bertz CT molecular complexity index is 1440. The molecule has 9 nitrogen and oxygen atoms in total. The molecule has 0 radical (unpaired) electrons. The van der Waals surface area contributed by atoms with Crippen LogP contribution in [0.25, 0.3) is 10.9 Å². The molecule has 0 aliphatic carbocycles. The summed E-state index contributed by atoms with van der Waals surface area (Å²) in [6.07, 6.45) is 1.35. The van der Waals surface area contributed by atoms with Gasteiger partial charge in [0.2, 0.25) is 11.8 Å². The van der Waals surface area contributed by atoms with Crippen molar-refractivity contribution in [3.63, 3.8) is 0 Å². The van der Waals surface area contributed by atoms with Crippen LogP contribution in [-0.2, 0) is 33.5 Å². The summed E-state index contributed by atoms with van der Waals surface area (Å²) in [6, 6.07) is 7.49. The van der Waals surface area contributed by atoms with E-state index in [0.717, 1.165) is 24.5 Å². The van der Waals surface area contributed by atoms with Gasteiger partial charge in [-0.15, -0.1) is 0 Å². The van der Waals surface area contributed by atoms with Gasteiger partial charge >= 0.3 is 0 Å². The number of amides is 2. The van der Waals surface area contributed by atoms with Crippen LogP contribution < -0.4 is 9.26 Å². The molecule has 5 heterocycles. The smallest absolute Gasteiger partial charge is 0.234 e. The zero-order valence-corrected chi connectivity index (χ0v) is 26.1. The summed E-state index contributed by atoms with van der Waals surface area (Å²) < 4.78 is 28.9. The molecule has 3 aromatic rings. The second kappa shape index (κ2) is 11.8. The normalized spacial score (nSPS) is 25.8. The van der Waals surface area contributed by atoms with Gasteiger partial charge < -0.3 is 4.74 Å². The van der Waals surface area contributed by atoms with E-state index in [4.69, 9.17) is 4.74 Å². The first-order valence-corrected chi connectivity index (χ1v) is 14.9. The fourth-order valence-corrected chi connectivity index (χ4v) is 6.28. The number of aryl methyl sites for hydroxylation is 3. The molecule has 3 atom stereocenters. The molecule has 3 saturated heterocycles. The van der Waals surface area contributed by atoms with Crippen LogP contribution in [0, 0.1) is 19.7 Å². The van der Waals surface area contributed by atoms with Gasteiger partial charge in [0.25, 0.3) is 0 Å². The average molecular weight is 665 g/mol. The maximum atomic E-state index is 16.1. The highest BCUT2D eigenvalue weighted by atomic mass is 127. The lowest BCUT2D eigenvalue weighted by atomic mass is 9.80. The van der Waals surface area contributed by atoms with E-state index < -0.39 is 17.1 Å². The van der Waals surface area contributed by atoms with E-state index in [1.165, 1.54) is 0 Å². The van der Waals surface area contributed by atoms with Gasteiger partial charge in [-0.2, -0.15) is 5.10 Å². The Morgan fingerprint density at radius 3 is 2.58 bits per heavy atom. The van der Waals surface area contributed by atoms with Gasteiger partial charge in [-0.1, -0.05) is 19.9 Å². The highest BCUT2D eigenvalue weighted by Gasteiger charge is 2.70. The van der Waals surface area contributed by atoms with Gasteiger partial charge in [-0.3, -0.25) is 33.4 Å². The van der Waals surface area contributed by atoms with Crippen LogP contribution in [0.5, 0.6) is 0 Å². The third-order valence-electron chi connectivity index (χ3n) is 8.21. The van der Waals surface area contributed by atoms with E-state index in [1.54, 1.807) is 35.0 Å². The maximum Gasteiger partial charge on any atom is 0.234 e. The zero-order valence-electron chi connectivity index (χ0n) is 24.0. The average Bonchev–Trinajstić information content (AvgIpc) is 3.44. The molecule has 0 spiro atoms. The van der Waals surface area contributed by atoms with Gasteiger partial charge in [0.15, 0.2) is 0 Å². The molecule has 11 heteroatoms. The van der Waals surface area contributed by atoms with Crippen molar-refractivity contribution in [1.29, 1.82) is 0 Å². The van der Waals surface area contributed by atoms with Crippen molar-refractivity contribution < 1.29 is 18.7 Å². The third-order valence-corrected chi connectivity index (χ3v) is 8.21. The fraction of sp³-hybridized carbons (Fsp3) is 0.517. The number of piperidine rings is 2. The maximum absolute atomic E-state index is 16.1. The summed E-state index contributed by atoms with van der Waals surface area (Å²) in [5, 5.41) is 7.22. The first-order valence-electron chi connectivity index (χ1n) is 13.7. The molecule has 40 heavy (non-hydrogen) atoms. The molecule has 2 aromatic heterocycles. The molecule has 3 N–H and O–H groups in total. The molecule has 1 aromatic carbocycles. The molecule has 2 amide bonds. The number of benzene rings is 1. The fourth-order valence-electron chi connectivity index (χ4n) is 6.28. The zero-order chi connectivity index (χ0) is 29.4. The largest absolute Gasteiger partial charge is 0.356 e. The van der Waals surface area contributed by atoms with E-state index >= 15 is 4.39 Å². The number of ether oxygens (including phenoxy) is 1. The molecular formula is C29H38FIN6O3. The molecule has 3 aliphatic heterocycles. The number of epoxide rings is 1. The van der Waals surface area contributed by atoms with Crippen LogP contribution >= 0.6 is 22.9 Å². The topological polar surface area (TPSA) is 119 Å². The van der Waals surface area contributed by atoms with Gasteiger partial charge in [0.05, 0.1) is 22.8 Å². The lowest BCUT2D eigenvalue weighted by Crippen LogP contribution is -2.44. The number of nitrogens with zero attached hydrogens (tertiary/aromatic N) is 4. The number of carbonyl (C=O) groups excluding carboxylic acids is 2. The second-order valence-corrected chi connectivity index (χ2v) is 10.7. The van der Waals surface area contributed by atoms with Crippen molar-refractivity contribution in [2.75, 3.05) is 13.1 Å². The number of nitrogens with two attached hydrogens (primary N) is 1. The lowest BCUT2D eigenvalue weighted by Gasteiger charge is -2.32. The summed E-state index contributed by atoms with van der Waals surface area (Å²) in [5.74, 6) is -1.47. The van der Waals surface area contributed by atoms with Crippen molar-refractivity contribution in [3.05, 3.63) is 58.3 Å². The molecule has 3 unspecified atom stereocenters. The van der Waals surface area contributed by atoms with E-state index in [9.17, 15) is 9.59 Å². The van der Waals surface area contributed by atoms with Crippen molar-refractivity contribution in [1.82, 2.24) is 25.0 Å². The molecule has 6 rings (SSSR count). The number of nitrogens with one attached hydrogen (secondary N) is 1. The predicted molar refractivity (Wildman–Crippen MR) is 160 cm³/mol. The van der Waals surface area contributed by atoms with Gasteiger partial charge in [0.1, 0.15) is 17.0 Å². The Balaban J connectivity index is 0.000000886. The molecular weight excluding hydrogens is 626 g/mol. The van der Waals surface area contributed by atoms with Crippen molar-refractivity contribution in [3.8, 4) is 0 Å². The second-order valence-electron chi connectivity index (χ2n) is 10.7. The Morgan fingerprint density at radius 1 is 1.23 bits per heavy atom. The van der Waals surface area contributed by atoms with Crippen molar-refractivity contribution >= 4 is 45.6 Å². The number of hydrogen-bond acceptors (Lipinski definition) is 7. The molecule has 0 saturated carbocycles. The number of imide groups is 1. The minimum atomic E-state index is -0.677. The number of halogens is 2. The number of aromatic nitrogens is 3. The number of hydrogen-bond donors (Lipinski definition) is 2. The number of fused-ring (bicyclic) bond motifs is 2. The Kier molecular flexibility index (Phi) is 8.98. The van der Waals surface area contributed by atoms with E-state index in [2.05, 4.69) is 37.2 Å². The number of likely N-dealkylation sites (tertiary alicyclic amines) is 1. The minimum absolute atomic E-state index is 0.264. The summed E-state index contributed by atoms with van der Waals surface area (Å²) in [7, 11) is 1.95. The lowest BCUT2D eigenvalue weighted by molar-refractivity contribution is -0.134. The number of rotatable bonds is 4. The van der Waals surface area contributed by atoms with Crippen LogP contribution in [0.1, 0.15) is 74.2 Å². The van der Waals surface area contributed by atoms with E-state index in [0.29, 0.717) is 47.1 Å². The summed E-state index contributed by atoms with van der Waals surface area (Å²) in [4.78, 5) is 31.1. The Morgan fingerprint density at radius 2 is 1.95 bits per heavy atom. The highest BCUT2D eigenvalue weighted by molar-refractivity contribution is 14.1. The van der Waals surface area contributed by atoms with Crippen LogP contribution in [-0.4, -0.2) is 50.2 Å². The van der Waals surface area contributed by atoms with E-state index in [-0.39, 0.29) is 24.1 Å². The van der Waals surface area contributed by atoms with Crippen LogP contribution in [0.4, 0.5) is 4.39 Å². The minimum Gasteiger partial charge on any atom is -0.356 e. The standard InChI is InChI=1S/C27H30FN5O3.C2H6.H2IN/c1-15-11-17(32(4)31-15)13-33-10-9-27(26(3,14-33)36-27)21-6-7-22-20(24(21)28)12-19(16(2)29-22)18-5-8-23(34)30-25(18)35;2*1-2/h6-7,11-12,18H,5,8-10,13-14H2,1-4H3,(H,30,34,35);1-2H3;2H2. The number of pyridine rings is 1. The predicted octanol–water partition coefficient (Wildman–Crippen LogP) is 4.46. The first-order chi connectivity index (χ1) is 19.1. The van der Waals surface area contributed by atoms with Crippen LogP contribution in [0.2, 0.25) is 0 Å². The highest BCUT2D eigenvalue weighted by Crippen LogP contribution is 2.61. The summed E-state index contributed by atoms with van der Waals surface area (Å²) in [6.45, 7) is 12.1. The third kappa shape index (κ3) is 5.28. The number of carbonyl (C=O) groups is 2. The molecule has 0 bridgehead atoms. The quantitative estimate of drug-likeness (QED) is 0.183. The van der Waals surface area contributed by atoms with Crippen molar-refractivity contribution in [2.24, 2.45) is 11.0 Å². The van der Waals surface area contributed by atoms with Crippen molar-refractivity contribution in [2.45, 2.75) is 77.5 Å². The first kappa shape index (κ1) is 30.5. The summed E-state index contributed by atoms with van der Waals surface area (Å²) >= 11 is 1.65. The summed E-state index contributed by atoms with van der Waals surface area (Å²) in [5.41, 5.74) is 3.41. The molecule has 3 fully saturated rings. The monoisotopic (exact) mass is 664 g/mol. The van der Waals surface area contributed by atoms with Crippen LogP contribution in [0.3, 0.4) is 0 Å². The van der Waals surface area contributed by atoms with Gasteiger partial charge in [0, 0.05) is 72.6 Å². The SMILES string of the molecule is CC.Cc1cc(CN2CCC3(c4ccc5nc(C)c(C6CCC(=O)NC6=O)cc5c4F)OC3(C)C2)n(C)n1.NI.